The number of carboxylic acids is 4. The van der Waals surface area contributed by atoms with E-state index in [-0.39, 0.29) is 0 Å². The molecule has 0 aliphatic carbocycles. The summed E-state index contributed by atoms with van der Waals surface area (Å²) in [6.45, 7) is 0. The maximum atomic E-state index is 10.8. The number of hydrogen-bond acceptors (Lipinski definition) is 4. The maximum absolute atomic E-state index is 10.8. The van der Waals surface area contributed by atoms with Gasteiger partial charge in [-0.1, -0.05) is 204 Å². The van der Waals surface area contributed by atoms with Crippen LogP contribution in [-0.2, 0) is 44.9 Å². The van der Waals surface area contributed by atoms with Gasteiger partial charge in [-0.3, -0.25) is 19.2 Å². The first-order valence-electron chi connectivity index (χ1n) is 29.0. The van der Waals surface area contributed by atoms with E-state index in [1.165, 1.54) is 198 Å². The fourth-order valence-corrected chi connectivity index (χ4v) is 10.5. The van der Waals surface area contributed by atoms with Crippen molar-refractivity contribution in [2.45, 2.75) is 283 Å². The molecule has 0 unspecified atom stereocenters. The standard InChI is InChI=1S/C62H98O8/c63-59(64)41-33-25-17-9-1-5-13-21-29-37-51-45-55-49-57-47-53(39-31-23-15-7-3-11-19-27-35-43-61(67)68)54(40-32-24-16-8-4-12-20-28-36-44-62(69)70)48-58(57)50-56(55)46-52(51)38-30-22-14-6-2-10-18-26-34-42-60(65)66/h45-50H,1-44H2,(H,63,64)(H,65,66)(H,67,68)(H,69,70). The van der Waals surface area contributed by atoms with E-state index < -0.39 is 23.9 Å². The minimum atomic E-state index is -0.684. The van der Waals surface area contributed by atoms with Gasteiger partial charge >= 0.3 is 23.9 Å². The third-order valence-corrected chi connectivity index (χ3v) is 14.8. The average molecular weight is 971 g/mol. The number of benzene rings is 3. The molecule has 0 fully saturated rings. The van der Waals surface area contributed by atoms with Crippen molar-refractivity contribution in [3.63, 3.8) is 0 Å². The van der Waals surface area contributed by atoms with Crippen molar-refractivity contribution in [3.8, 4) is 0 Å². The van der Waals surface area contributed by atoms with Gasteiger partial charge in [-0.2, -0.15) is 0 Å². The Kier molecular flexibility index (Phi) is 34.2. The predicted molar refractivity (Wildman–Crippen MR) is 291 cm³/mol. The second-order valence-corrected chi connectivity index (χ2v) is 21.1. The van der Waals surface area contributed by atoms with Gasteiger partial charge in [-0.25, -0.2) is 0 Å². The highest BCUT2D eigenvalue weighted by Gasteiger charge is 2.12. The zero-order valence-electron chi connectivity index (χ0n) is 44.0. The molecule has 4 N–H and O–H groups in total. The van der Waals surface area contributed by atoms with E-state index in [1.807, 2.05) is 0 Å². The summed E-state index contributed by atoms with van der Waals surface area (Å²) in [6.07, 6.45) is 47.3. The molecular formula is C62H98O8. The van der Waals surface area contributed by atoms with Crippen molar-refractivity contribution < 1.29 is 39.6 Å². The molecule has 0 aliphatic heterocycles. The molecule has 394 valence electrons. The van der Waals surface area contributed by atoms with Gasteiger partial charge in [0.25, 0.3) is 0 Å². The van der Waals surface area contributed by atoms with E-state index in [1.54, 1.807) is 0 Å². The van der Waals surface area contributed by atoms with Crippen LogP contribution in [0.5, 0.6) is 0 Å². The molecule has 0 saturated heterocycles. The lowest BCUT2D eigenvalue weighted by Gasteiger charge is -2.16. The summed E-state index contributed by atoms with van der Waals surface area (Å²) in [4.78, 5) is 43.2. The Morgan fingerprint density at radius 1 is 0.214 bits per heavy atom. The number of carbonyl (C=O) groups is 4. The Bertz CT molecular complexity index is 1620. The van der Waals surface area contributed by atoms with E-state index in [2.05, 4.69) is 36.4 Å². The summed E-state index contributed by atoms with van der Waals surface area (Å²) < 4.78 is 0. The lowest BCUT2D eigenvalue weighted by Crippen LogP contribution is -1.98. The highest BCUT2D eigenvalue weighted by atomic mass is 16.4. The molecule has 0 atom stereocenters. The number of aryl methyl sites for hydroxylation is 4. The summed E-state index contributed by atoms with van der Waals surface area (Å²) in [5.74, 6) is -2.74. The van der Waals surface area contributed by atoms with E-state index in [9.17, 15) is 19.2 Å². The van der Waals surface area contributed by atoms with Crippen LogP contribution in [0.3, 0.4) is 0 Å². The summed E-state index contributed by atoms with van der Waals surface area (Å²) in [7, 11) is 0. The molecule has 0 saturated carbocycles. The molecule has 0 spiro atoms. The number of hydrogen-bond donors (Lipinski definition) is 4. The van der Waals surface area contributed by atoms with Crippen LogP contribution in [0.1, 0.15) is 279 Å². The van der Waals surface area contributed by atoms with Crippen molar-refractivity contribution in [2.24, 2.45) is 0 Å². The van der Waals surface area contributed by atoms with Gasteiger partial charge in [0.15, 0.2) is 0 Å². The molecular weight excluding hydrogens is 873 g/mol. The molecule has 8 nitrogen and oxygen atoms in total. The van der Waals surface area contributed by atoms with Gasteiger partial charge in [-0.05, 0) is 133 Å². The van der Waals surface area contributed by atoms with Crippen LogP contribution in [0.4, 0.5) is 0 Å². The monoisotopic (exact) mass is 971 g/mol. The van der Waals surface area contributed by atoms with Crippen molar-refractivity contribution in [2.75, 3.05) is 0 Å². The predicted octanol–water partition coefficient (Wildman–Crippen LogP) is 18.1. The van der Waals surface area contributed by atoms with Crippen molar-refractivity contribution >= 4 is 45.4 Å². The molecule has 8 heteroatoms. The van der Waals surface area contributed by atoms with Crippen LogP contribution >= 0.6 is 0 Å². The van der Waals surface area contributed by atoms with Gasteiger partial charge in [0.05, 0.1) is 0 Å². The zero-order chi connectivity index (χ0) is 50.3. The highest BCUT2D eigenvalue weighted by Crippen LogP contribution is 2.32. The molecule has 70 heavy (non-hydrogen) atoms. The van der Waals surface area contributed by atoms with Gasteiger partial charge in [0.1, 0.15) is 0 Å². The molecule has 3 aromatic rings. The van der Waals surface area contributed by atoms with Crippen LogP contribution in [0.25, 0.3) is 21.5 Å². The lowest BCUT2D eigenvalue weighted by molar-refractivity contribution is -0.138. The molecule has 0 heterocycles. The SMILES string of the molecule is O=C(O)CCCCCCCCCCCc1cc2cc3cc(CCCCCCCCCCCC(=O)O)c(CCCCCCCCCCCC(=O)O)cc3cc2cc1CCCCCCCCCCCC(=O)O. The minimum Gasteiger partial charge on any atom is -0.481 e. The van der Waals surface area contributed by atoms with Crippen molar-refractivity contribution in [1.82, 2.24) is 0 Å². The smallest absolute Gasteiger partial charge is 0.303 e. The third-order valence-electron chi connectivity index (χ3n) is 14.8. The quantitative estimate of drug-likeness (QED) is 0.0323. The Labute approximate surface area is 424 Å². The first kappa shape index (κ1) is 60.4. The van der Waals surface area contributed by atoms with Crippen molar-refractivity contribution in [3.05, 3.63) is 58.7 Å². The highest BCUT2D eigenvalue weighted by molar-refractivity contribution is 5.99. The second-order valence-electron chi connectivity index (χ2n) is 21.1. The third kappa shape index (κ3) is 30.1. The maximum Gasteiger partial charge on any atom is 0.303 e. The fraction of sp³-hybridized carbons (Fsp3) is 0.710. The number of rotatable bonds is 48. The van der Waals surface area contributed by atoms with E-state index in [0.717, 1.165) is 103 Å². The lowest BCUT2D eigenvalue weighted by atomic mass is 9.89. The van der Waals surface area contributed by atoms with Gasteiger partial charge in [0.2, 0.25) is 0 Å². The van der Waals surface area contributed by atoms with E-state index >= 15 is 0 Å². The van der Waals surface area contributed by atoms with Crippen LogP contribution in [0.2, 0.25) is 0 Å². The molecule has 0 amide bonds. The fourth-order valence-electron chi connectivity index (χ4n) is 10.5. The molecule has 3 aromatic carbocycles. The molecule has 0 aromatic heterocycles. The Morgan fingerprint density at radius 3 is 0.514 bits per heavy atom. The topological polar surface area (TPSA) is 149 Å². The van der Waals surface area contributed by atoms with Crippen LogP contribution < -0.4 is 0 Å². The van der Waals surface area contributed by atoms with Crippen molar-refractivity contribution in [1.29, 1.82) is 0 Å². The summed E-state index contributed by atoms with van der Waals surface area (Å²) in [5, 5.41) is 41.0. The number of aliphatic carboxylic acids is 4. The first-order chi connectivity index (χ1) is 34.1. The van der Waals surface area contributed by atoms with Gasteiger partial charge in [0, 0.05) is 25.7 Å². The van der Waals surface area contributed by atoms with Crippen LogP contribution in [0.15, 0.2) is 36.4 Å². The number of carboxylic acid groups (broad SMARTS) is 4. The average Bonchev–Trinajstić information content (AvgIpc) is 3.32. The van der Waals surface area contributed by atoms with Gasteiger partial charge in [-0.15, -0.1) is 0 Å². The largest absolute Gasteiger partial charge is 0.481 e. The Morgan fingerprint density at radius 2 is 0.357 bits per heavy atom. The summed E-state index contributed by atoms with van der Waals surface area (Å²) >= 11 is 0. The van der Waals surface area contributed by atoms with E-state index in [4.69, 9.17) is 20.4 Å². The minimum absolute atomic E-state index is 0.293. The van der Waals surface area contributed by atoms with E-state index in [0.29, 0.717) is 25.7 Å². The van der Waals surface area contributed by atoms with Gasteiger partial charge < -0.3 is 20.4 Å². The summed E-state index contributed by atoms with van der Waals surface area (Å²) in [6, 6.07) is 15.1. The second kappa shape index (κ2) is 39.6. The number of unbranched alkanes of at least 4 members (excludes halogenated alkanes) is 32. The Balaban J connectivity index is 1.66. The normalized spacial score (nSPS) is 11.5. The molecule has 0 bridgehead atoms. The van der Waals surface area contributed by atoms with Crippen LogP contribution in [-0.4, -0.2) is 44.3 Å². The first-order valence-corrected chi connectivity index (χ1v) is 29.0. The molecule has 0 radical (unpaired) electrons. The Hall–Kier alpha value is -3.94. The molecule has 3 rings (SSSR count). The zero-order valence-corrected chi connectivity index (χ0v) is 44.0. The number of fused-ring (bicyclic) bond motifs is 2. The van der Waals surface area contributed by atoms with Crippen LogP contribution in [0, 0.1) is 0 Å². The summed E-state index contributed by atoms with van der Waals surface area (Å²) in [5.41, 5.74) is 6.12. The molecule has 0 aliphatic rings.